The fourth-order valence-electron chi connectivity index (χ4n) is 1.40. The third kappa shape index (κ3) is 4.44. The Morgan fingerprint density at radius 3 is 2.93 bits per heavy atom. The summed E-state index contributed by atoms with van der Waals surface area (Å²) in [6, 6.07) is 8.15. The molecule has 3 nitrogen and oxygen atoms in total. The van der Waals surface area contributed by atoms with Crippen LogP contribution in [0, 0.1) is 0 Å². The van der Waals surface area contributed by atoms with E-state index in [0.29, 0.717) is 0 Å². The molecular formula is C11H15BrN2O. The highest BCUT2D eigenvalue weighted by molar-refractivity contribution is 9.10. The third-order valence-corrected chi connectivity index (χ3v) is 2.52. The molecule has 0 aliphatic carbocycles. The first-order valence-corrected chi connectivity index (χ1v) is 5.65. The van der Waals surface area contributed by atoms with Gasteiger partial charge in [0.15, 0.2) is 0 Å². The van der Waals surface area contributed by atoms with Gasteiger partial charge in [-0.1, -0.05) is 28.1 Å². The van der Waals surface area contributed by atoms with Gasteiger partial charge in [0.2, 0.25) is 5.91 Å². The summed E-state index contributed by atoms with van der Waals surface area (Å²) in [7, 11) is 0. The van der Waals surface area contributed by atoms with E-state index >= 15 is 0 Å². The van der Waals surface area contributed by atoms with Gasteiger partial charge < -0.3 is 11.1 Å². The van der Waals surface area contributed by atoms with Gasteiger partial charge in [-0.3, -0.25) is 4.79 Å². The van der Waals surface area contributed by atoms with E-state index < -0.39 is 0 Å². The van der Waals surface area contributed by atoms with E-state index in [9.17, 15) is 4.79 Å². The molecule has 0 spiro atoms. The lowest BCUT2D eigenvalue weighted by molar-refractivity contribution is -0.120. The Balaban J connectivity index is 2.51. The SMILES string of the molecule is CC(Cc1cccc(Br)c1)NC(=O)CN. The summed E-state index contributed by atoms with van der Waals surface area (Å²) in [5, 5.41) is 2.82. The summed E-state index contributed by atoms with van der Waals surface area (Å²) >= 11 is 3.41. The maximum absolute atomic E-state index is 11.0. The van der Waals surface area contributed by atoms with Crippen LogP contribution >= 0.6 is 15.9 Å². The van der Waals surface area contributed by atoms with Crippen LogP contribution in [0.4, 0.5) is 0 Å². The smallest absolute Gasteiger partial charge is 0.233 e. The van der Waals surface area contributed by atoms with E-state index in [2.05, 4.69) is 21.2 Å². The monoisotopic (exact) mass is 270 g/mol. The fourth-order valence-corrected chi connectivity index (χ4v) is 1.85. The van der Waals surface area contributed by atoms with Crippen molar-refractivity contribution in [3.05, 3.63) is 34.3 Å². The number of rotatable bonds is 4. The number of halogens is 1. The molecule has 3 N–H and O–H groups in total. The van der Waals surface area contributed by atoms with Crippen molar-refractivity contribution in [1.29, 1.82) is 0 Å². The zero-order chi connectivity index (χ0) is 11.3. The molecule has 1 rings (SSSR count). The van der Waals surface area contributed by atoms with Gasteiger partial charge in [-0.25, -0.2) is 0 Å². The molecule has 1 atom stereocenters. The van der Waals surface area contributed by atoms with E-state index in [1.54, 1.807) is 0 Å². The fraction of sp³-hybridized carbons (Fsp3) is 0.364. The average molecular weight is 271 g/mol. The van der Waals surface area contributed by atoms with Gasteiger partial charge in [0.25, 0.3) is 0 Å². The average Bonchev–Trinajstić information content (AvgIpc) is 2.17. The predicted molar refractivity (Wildman–Crippen MR) is 64.5 cm³/mol. The van der Waals surface area contributed by atoms with Crippen LogP contribution in [0.1, 0.15) is 12.5 Å². The Hall–Kier alpha value is -0.870. The summed E-state index contributed by atoms with van der Waals surface area (Å²) in [6.45, 7) is 2.01. The Bertz CT molecular complexity index is 341. The summed E-state index contributed by atoms with van der Waals surface area (Å²) in [6.07, 6.45) is 0.811. The summed E-state index contributed by atoms with van der Waals surface area (Å²) < 4.78 is 1.05. The second-order valence-corrected chi connectivity index (χ2v) is 4.42. The molecule has 0 fully saturated rings. The Morgan fingerprint density at radius 1 is 1.60 bits per heavy atom. The second kappa shape index (κ2) is 5.88. The van der Waals surface area contributed by atoms with Crippen molar-refractivity contribution in [3.63, 3.8) is 0 Å². The molecule has 0 aliphatic rings. The molecule has 1 amide bonds. The molecule has 0 bridgehead atoms. The van der Waals surface area contributed by atoms with Crippen molar-refractivity contribution >= 4 is 21.8 Å². The van der Waals surface area contributed by atoms with Crippen molar-refractivity contribution in [2.45, 2.75) is 19.4 Å². The first-order chi connectivity index (χ1) is 7.11. The van der Waals surface area contributed by atoms with Crippen molar-refractivity contribution in [3.8, 4) is 0 Å². The molecule has 0 saturated carbocycles. The second-order valence-electron chi connectivity index (χ2n) is 3.51. The largest absolute Gasteiger partial charge is 0.352 e. The maximum atomic E-state index is 11.0. The van der Waals surface area contributed by atoms with Crippen LogP contribution in [0.15, 0.2) is 28.7 Å². The standard InChI is InChI=1S/C11H15BrN2O/c1-8(14-11(15)7-13)5-9-3-2-4-10(12)6-9/h2-4,6,8H,5,7,13H2,1H3,(H,14,15). The van der Waals surface area contributed by atoms with Crippen LogP contribution in [-0.4, -0.2) is 18.5 Å². The van der Waals surface area contributed by atoms with Gasteiger partial charge in [-0.15, -0.1) is 0 Å². The molecule has 0 heterocycles. The van der Waals surface area contributed by atoms with E-state index in [1.165, 1.54) is 5.56 Å². The molecule has 82 valence electrons. The molecule has 1 aromatic rings. The predicted octanol–water partition coefficient (Wildman–Crippen LogP) is 1.45. The summed E-state index contributed by atoms with van der Waals surface area (Å²) in [5.74, 6) is -0.113. The first kappa shape index (κ1) is 12.2. The van der Waals surface area contributed by atoms with E-state index in [0.717, 1.165) is 10.9 Å². The van der Waals surface area contributed by atoms with Crippen LogP contribution in [0.2, 0.25) is 0 Å². The number of hydrogen-bond acceptors (Lipinski definition) is 2. The van der Waals surface area contributed by atoms with Crippen molar-refractivity contribution in [2.75, 3.05) is 6.54 Å². The zero-order valence-corrected chi connectivity index (χ0v) is 10.3. The topological polar surface area (TPSA) is 55.1 Å². The summed E-state index contributed by atoms with van der Waals surface area (Å²) in [5.41, 5.74) is 6.41. The van der Waals surface area contributed by atoms with E-state index in [-0.39, 0.29) is 18.5 Å². The molecule has 0 radical (unpaired) electrons. The van der Waals surface area contributed by atoms with Gasteiger partial charge in [0, 0.05) is 10.5 Å². The normalized spacial score (nSPS) is 12.2. The van der Waals surface area contributed by atoms with Gasteiger partial charge in [-0.2, -0.15) is 0 Å². The lowest BCUT2D eigenvalue weighted by Crippen LogP contribution is -2.38. The van der Waals surface area contributed by atoms with Gasteiger partial charge >= 0.3 is 0 Å². The Morgan fingerprint density at radius 2 is 2.33 bits per heavy atom. The molecule has 1 aromatic carbocycles. The van der Waals surface area contributed by atoms with Crippen LogP contribution in [-0.2, 0) is 11.2 Å². The number of carbonyl (C=O) groups is 1. The maximum Gasteiger partial charge on any atom is 0.233 e. The van der Waals surface area contributed by atoms with Gasteiger partial charge in [0.05, 0.1) is 6.54 Å². The molecule has 0 saturated heterocycles. The van der Waals surface area contributed by atoms with E-state index in [1.807, 2.05) is 31.2 Å². The first-order valence-electron chi connectivity index (χ1n) is 4.85. The Kier molecular flexibility index (Phi) is 4.78. The highest BCUT2D eigenvalue weighted by Gasteiger charge is 2.06. The number of hydrogen-bond donors (Lipinski definition) is 2. The third-order valence-electron chi connectivity index (χ3n) is 2.02. The number of carbonyl (C=O) groups excluding carboxylic acids is 1. The van der Waals surface area contributed by atoms with Gasteiger partial charge in [0.1, 0.15) is 0 Å². The quantitative estimate of drug-likeness (QED) is 0.871. The zero-order valence-electron chi connectivity index (χ0n) is 8.66. The van der Waals surface area contributed by atoms with Crippen LogP contribution in [0.3, 0.4) is 0 Å². The number of amides is 1. The highest BCUT2D eigenvalue weighted by atomic mass is 79.9. The lowest BCUT2D eigenvalue weighted by atomic mass is 10.1. The minimum atomic E-state index is -0.113. The molecule has 15 heavy (non-hydrogen) atoms. The minimum absolute atomic E-state index is 0.0445. The van der Waals surface area contributed by atoms with Crippen LogP contribution in [0.5, 0.6) is 0 Å². The number of nitrogens with two attached hydrogens (primary N) is 1. The number of nitrogens with one attached hydrogen (secondary N) is 1. The van der Waals surface area contributed by atoms with Crippen LogP contribution in [0.25, 0.3) is 0 Å². The van der Waals surface area contributed by atoms with Crippen molar-refractivity contribution in [1.82, 2.24) is 5.32 Å². The highest BCUT2D eigenvalue weighted by Crippen LogP contribution is 2.12. The van der Waals surface area contributed by atoms with Gasteiger partial charge in [-0.05, 0) is 31.0 Å². The van der Waals surface area contributed by atoms with E-state index in [4.69, 9.17) is 5.73 Å². The molecule has 0 aromatic heterocycles. The molecular weight excluding hydrogens is 256 g/mol. The van der Waals surface area contributed by atoms with Crippen LogP contribution < -0.4 is 11.1 Å². The minimum Gasteiger partial charge on any atom is -0.352 e. The summed E-state index contributed by atoms with van der Waals surface area (Å²) in [4.78, 5) is 11.0. The van der Waals surface area contributed by atoms with Crippen molar-refractivity contribution in [2.24, 2.45) is 5.73 Å². The number of benzene rings is 1. The molecule has 0 aliphatic heterocycles. The Labute approximate surface area is 98.2 Å². The van der Waals surface area contributed by atoms with Crippen molar-refractivity contribution < 1.29 is 4.79 Å². The molecule has 1 unspecified atom stereocenters. The molecule has 4 heteroatoms. The lowest BCUT2D eigenvalue weighted by Gasteiger charge is -2.13.